The van der Waals surface area contributed by atoms with Crippen LogP contribution in [0.2, 0.25) is 0 Å². The van der Waals surface area contributed by atoms with Crippen molar-refractivity contribution < 1.29 is 14.7 Å². The predicted molar refractivity (Wildman–Crippen MR) is 102 cm³/mol. The van der Waals surface area contributed by atoms with E-state index in [0.29, 0.717) is 18.4 Å². The molecule has 2 heterocycles. The zero-order valence-corrected chi connectivity index (χ0v) is 15.8. The first-order chi connectivity index (χ1) is 12.7. The van der Waals surface area contributed by atoms with Crippen molar-refractivity contribution in [3.63, 3.8) is 0 Å². The maximum absolute atomic E-state index is 12.3. The summed E-state index contributed by atoms with van der Waals surface area (Å²) < 4.78 is 0. The molecule has 1 aromatic rings. The van der Waals surface area contributed by atoms with E-state index in [0.717, 1.165) is 50.7 Å². The molecule has 0 amide bonds. The lowest BCUT2D eigenvalue weighted by molar-refractivity contribution is -0.124. The molecule has 2 fully saturated rings. The number of carbonyl (C=O) groups excluding carboxylic acids is 2. The average Bonchev–Trinajstić information content (AvgIpc) is 3.16. The highest BCUT2D eigenvalue weighted by Crippen LogP contribution is 2.33. The summed E-state index contributed by atoms with van der Waals surface area (Å²) in [5.74, 6) is -0.0584. The summed E-state index contributed by atoms with van der Waals surface area (Å²) in [6, 6.07) is 3.97. The van der Waals surface area contributed by atoms with Crippen LogP contribution in [0.1, 0.15) is 23.6 Å². The second-order valence-corrected chi connectivity index (χ2v) is 7.87. The number of thiophene rings is 1. The number of Topliss-reactive ketones (excluding diaryl/α,β-unsaturated/α-hetero) is 2. The predicted octanol–water partition coefficient (Wildman–Crippen LogP) is 0.847. The Morgan fingerprint density at radius 2 is 1.77 bits per heavy atom. The quantitative estimate of drug-likeness (QED) is 0.417. The fraction of sp³-hybridized carbons (Fsp3) is 0.579. The lowest BCUT2D eigenvalue weighted by Crippen LogP contribution is -2.48. The summed E-state index contributed by atoms with van der Waals surface area (Å²) in [5, 5.41) is 14.1. The Morgan fingerprint density at radius 1 is 1.12 bits per heavy atom. The molecule has 0 unspecified atom stereocenters. The number of carbonyl (C=O) groups is 2. The fourth-order valence-electron chi connectivity index (χ4n) is 3.56. The molecule has 2 aliphatic rings. The van der Waals surface area contributed by atoms with Gasteiger partial charge in [-0.15, -0.1) is 11.3 Å². The Hall–Kier alpha value is -1.54. The van der Waals surface area contributed by atoms with Gasteiger partial charge in [0.25, 0.3) is 0 Å². The molecule has 3 rings (SSSR count). The van der Waals surface area contributed by atoms with E-state index in [-0.39, 0.29) is 24.1 Å². The van der Waals surface area contributed by atoms with Gasteiger partial charge in [-0.2, -0.15) is 0 Å². The van der Waals surface area contributed by atoms with Crippen LogP contribution in [0.15, 0.2) is 29.3 Å². The first kappa shape index (κ1) is 19.2. The van der Waals surface area contributed by atoms with Crippen molar-refractivity contribution in [1.82, 2.24) is 15.1 Å². The SMILES string of the molecule is O=C1CC(c2cccs2)CC(=O)C1=CNCCN1CCN(CCO)CC1. The van der Waals surface area contributed by atoms with Gasteiger partial charge in [-0.05, 0) is 11.4 Å². The minimum absolute atomic E-state index is 0.0439. The summed E-state index contributed by atoms with van der Waals surface area (Å²) in [7, 11) is 0. The van der Waals surface area contributed by atoms with Crippen LogP contribution in [-0.2, 0) is 9.59 Å². The van der Waals surface area contributed by atoms with E-state index >= 15 is 0 Å². The van der Waals surface area contributed by atoms with Crippen molar-refractivity contribution in [2.45, 2.75) is 18.8 Å². The van der Waals surface area contributed by atoms with Crippen molar-refractivity contribution >= 4 is 22.9 Å². The number of aliphatic hydroxyl groups is 1. The van der Waals surface area contributed by atoms with Gasteiger partial charge in [0, 0.05) is 75.6 Å². The highest BCUT2D eigenvalue weighted by Gasteiger charge is 2.31. The normalized spacial score (nSPS) is 22.7. The van der Waals surface area contributed by atoms with Gasteiger partial charge >= 0.3 is 0 Å². The van der Waals surface area contributed by atoms with Crippen molar-refractivity contribution in [2.24, 2.45) is 0 Å². The van der Waals surface area contributed by atoms with Gasteiger partial charge in [-0.3, -0.25) is 19.4 Å². The van der Waals surface area contributed by atoms with Crippen molar-refractivity contribution in [2.75, 3.05) is 52.4 Å². The minimum atomic E-state index is -0.0511. The number of nitrogens with one attached hydrogen (secondary N) is 1. The average molecular weight is 378 g/mol. The molecule has 1 saturated heterocycles. The largest absolute Gasteiger partial charge is 0.395 e. The second-order valence-electron chi connectivity index (χ2n) is 6.89. The molecule has 7 heteroatoms. The minimum Gasteiger partial charge on any atom is -0.395 e. The molecular formula is C19H27N3O3S. The molecule has 2 N–H and O–H groups in total. The molecule has 6 nitrogen and oxygen atoms in total. The topological polar surface area (TPSA) is 72.9 Å². The fourth-order valence-corrected chi connectivity index (χ4v) is 4.39. The monoisotopic (exact) mass is 377 g/mol. The van der Waals surface area contributed by atoms with Crippen molar-refractivity contribution in [3.8, 4) is 0 Å². The molecule has 1 aliphatic carbocycles. The van der Waals surface area contributed by atoms with E-state index < -0.39 is 0 Å². The number of aliphatic hydroxyl groups excluding tert-OH is 1. The van der Waals surface area contributed by atoms with E-state index in [9.17, 15) is 9.59 Å². The van der Waals surface area contributed by atoms with Gasteiger partial charge in [0.2, 0.25) is 0 Å². The molecule has 0 radical (unpaired) electrons. The van der Waals surface area contributed by atoms with Crippen LogP contribution in [-0.4, -0.2) is 78.9 Å². The molecule has 1 aliphatic heterocycles. The Morgan fingerprint density at radius 3 is 2.35 bits per heavy atom. The zero-order chi connectivity index (χ0) is 18.4. The number of piperazine rings is 1. The van der Waals surface area contributed by atoms with Crippen molar-refractivity contribution in [3.05, 3.63) is 34.2 Å². The van der Waals surface area contributed by atoms with E-state index in [1.807, 2.05) is 17.5 Å². The highest BCUT2D eigenvalue weighted by atomic mass is 32.1. The maximum Gasteiger partial charge on any atom is 0.168 e. The van der Waals surface area contributed by atoms with Crippen LogP contribution in [0.5, 0.6) is 0 Å². The zero-order valence-electron chi connectivity index (χ0n) is 15.0. The molecule has 1 aromatic heterocycles. The number of hydrogen-bond acceptors (Lipinski definition) is 7. The van der Waals surface area contributed by atoms with Crippen molar-refractivity contribution in [1.29, 1.82) is 0 Å². The van der Waals surface area contributed by atoms with Gasteiger partial charge in [0.05, 0.1) is 12.2 Å². The molecule has 142 valence electrons. The Kier molecular flexibility index (Phi) is 6.96. The second kappa shape index (κ2) is 9.41. The standard InChI is InChI=1S/C19H27N3O3S/c23-10-9-22-7-5-21(6-8-22)4-3-20-14-16-17(24)12-15(13-18(16)25)19-2-1-11-26-19/h1-2,11,14-15,20,23H,3-10,12-13H2. The molecular weight excluding hydrogens is 350 g/mol. The van der Waals surface area contributed by atoms with Crippen LogP contribution >= 0.6 is 11.3 Å². The smallest absolute Gasteiger partial charge is 0.168 e. The molecule has 1 saturated carbocycles. The third-order valence-corrected chi connectivity index (χ3v) is 6.14. The van der Waals surface area contributed by atoms with Gasteiger partial charge < -0.3 is 10.4 Å². The van der Waals surface area contributed by atoms with Gasteiger partial charge in [0.1, 0.15) is 0 Å². The van der Waals surface area contributed by atoms with Crippen LogP contribution in [0.25, 0.3) is 0 Å². The Bertz CT molecular complexity index is 616. The van der Waals surface area contributed by atoms with Gasteiger partial charge in [-0.25, -0.2) is 0 Å². The van der Waals surface area contributed by atoms with E-state index in [4.69, 9.17) is 5.11 Å². The van der Waals surface area contributed by atoms with Gasteiger partial charge in [0.15, 0.2) is 11.6 Å². The third-order valence-electron chi connectivity index (χ3n) is 5.11. The number of allylic oxidation sites excluding steroid dienone is 1. The molecule has 0 atom stereocenters. The Labute approximate surface area is 158 Å². The number of hydrogen-bond donors (Lipinski definition) is 2. The molecule has 0 spiro atoms. The lowest BCUT2D eigenvalue weighted by atomic mass is 9.83. The van der Waals surface area contributed by atoms with Crippen LogP contribution in [0.3, 0.4) is 0 Å². The first-order valence-electron chi connectivity index (χ1n) is 9.26. The summed E-state index contributed by atoms with van der Waals surface area (Å²) in [6.45, 7) is 6.48. The van der Waals surface area contributed by atoms with E-state index in [1.165, 1.54) is 0 Å². The van der Waals surface area contributed by atoms with Crippen LogP contribution < -0.4 is 5.32 Å². The Balaban J connectivity index is 1.41. The number of nitrogens with zero attached hydrogens (tertiary/aromatic N) is 2. The van der Waals surface area contributed by atoms with E-state index in [1.54, 1.807) is 17.5 Å². The molecule has 26 heavy (non-hydrogen) atoms. The summed E-state index contributed by atoms with van der Waals surface area (Å²) in [6.07, 6.45) is 2.47. The number of rotatable bonds is 7. The van der Waals surface area contributed by atoms with Crippen LogP contribution in [0.4, 0.5) is 0 Å². The highest BCUT2D eigenvalue weighted by molar-refractivity contribution is 7.10. The lowest BCUT2D eigenvalue weighted by Gasteiger charge is -2.34. The summed E-state index contributed by atoms with van der Waals surface area (Å²) in [4.78, 5) is 30.4. The summed E-state index contributed by atoms with van der Waals surface area (Å²) >= 11 is 1.61. The number of β-amino-alcohol motifs (C(OH)–C–C–N with tert-alkyl or cyclic N) is 1. The summed E-state index contributed by atoms with van der Waals surface area (Å²) in [5.41, 5.74) is 0.325. The van der Waals surface area contributed by atoms with E-state index in [2.05, 4.69) is 15.1 Å². The molecule has 0 bridgehead atoms. The van der Waals surface area contributed by atoms with Crippen LogP contribution in [0, 0.1) is 0 Å². The van der Waals surface area contributed by atoms with Gasteiger partial charge in [-0.1, -0.05) is 6.07 Å². The third kappa shape index (κ3) is 5.01. The number of ketones is 2. The first-order valence-corrected chi connectivity index (χ1v) is 10.1. The maximum atomic E-state index is 12.3. The molecule has 0 aromatic carbocycles.